The molecule has 0 aromatic carbocycles. The maximum absolute atomic E-state index is 5.83. The number of nitrogens with one attached hydrogen (secondary N) is 1. The van der Waals surface area contributed by atoms with E-state index in [9.17, 15) is 0 Å². The van der Waals surface area contributed by atoms with Gasteiger partial charge in [0.05, 0.1) is 6.61 Å². The van der Waals surface area contributed by atoms with Gasteiger partial charge in [-0.3, -0.25) is 0 Å². The Morgan fingerprint density at radius 2 is 1.82 bits per heavy atom. The van der Waals surface area contributed by atoms with Crippen LogP contribution in [-0.4, -0.2) is 50.8 Å². The van der Waals surface area contributed by atoms with E-state index in [2.05, 4.69) is 10.2 Å². The minimum Gasteiger partial charge on any atom is -0.381 e. The summed E-state index contributed by atoms with van der Waals surface area (Å²) >= 11 is 0. The number of piperidine rings is 2. The van der Waals surface area contributed by atoms with Gasteiger partial charge in [0.2, 0.25) is 0 Å². The summed E-state index contributed by atoms with van der Waals surface area (Å²) in [7, 11) is 0. The lowest BCUT2D eigenvalue weighted by atomic mass is 10.1. The summed E-state index contributed by atoms with van der Waals surface area (Å²) in [6.07, 6.45) is 5.46. The van der Waals surface area contributed by atoms with E-state index in [0.29, 0.717) is 0 Å². The first-order chi connectivity index (χ1) is 8.45. The smallest absolute Gasteiger partial charge is 0.0500 e. The molecule has 1 aliphatic carbocycles. The van der Waals surface area contributed by atoms with Crippen molar-refractivity contribution < 1.29 is 4.74 Å². The van der Waals surface area contributed by atoms with Crippen LogP contribution in [0.15, 0.2) is 0 Å². The molecule has 17 heavy (non-hydrogen) atoms. The van der Waals surface area contributed by atoms with Crippen LogP contribution >= 0.6 is 0 Å². The summed E-state index contributed by atoms with van der Waals surface area (Å²) in [6, 6.07) is 0. The van der Waals surface area contributed by atoms with Gasteiger partial charge in [-0.1, -0.05) is 6.42 Å². The normalized spacial score (nSPS) is 37.1. The summed E-state index contributed by atoms with van der Waals surface area (Å²) in [5.41, 5.74) is 0. The molecule has 98 valence electrons. The highest BCUT2D eigenvalue weighted by Crippen LogP contribution is 2.48. The molecule has 3 aliphatic rings. The summed E-state index contributed by atoms with van der Waals surface area (Å²) < 4.78 is 5.83. The molecule has 2 saturated heterocycles. The fourth-order valence-corrected chi connectivity index (χ4v) is 3.59. The lowest BCUT2D eigenvalue weighted by molar-refractivity contribution is 0.102. The Hall–Kier alpha value is -0.120. The maximum atomic E-state index is 5.83. The third-order valence-corrected chi connectivity index (χ3v) is 4.79. The molecular weight excluding hydrogens is 212 g/mol. The van der Waals surface area contributed by atoms with Gasteiger partial charge in [-0.05, 0) is 63.2 Å². The minimum absolute atomic E-state index is 0.895. The van der Waals surface area contributed by atoms with Crippen molar-refractivity contribution in [3.63, 3.8) is 0 Å². The largest absolute Gasteiger partial charge is 0.381 e. The van der Waals surface area contributed by atoms with Crippen LogP contribution in [0.4, 0.5) is 0 Å². The van der Waals surface area contributed by atoms with Crippen molar-refractivity contribution in [2.45, 2.75) is 25.7 Å². The molecule has 3 rings (SSSR count). The average molecular weight is 238 g/mol. The number of likely N-dealkylation sites (tertiary alicyclic amines) is 1. The van der Waals surface area contributed by atoms with Crippen molar-refractivity contribution in [3.8, 4) is 0 Å². The van der Waals surface area contributed by atoms with Crippen LogP contribution in [0.25, 0.3) is 0 Å². The van der Waals surface area contributed by atoms with Crippen LogP contribution in [-0.2, 0) is 4.74 Å². The second-order valence-electron chi connectivity index (χ2n) is 5.98. The predicted molar refractivity (Wildman–Crippen MR) is 69.1 cm³/mol. The Kier molecular flexibility index (Phi) is 3.99. The summed E-state index contributed by atoms with van der Waals surface area (Å²) in [4.78, 5) is 2.60. The monoisotopic (exact) mass is 238 g/mol. The first-order valence-corrected chi connectivity index (χ1v) is 7.46. The Morgan fingerprint density at radius 3 is 2.59 bits per heavy atom. The van der Waals surface area contributed by atoms with E-state index >= 15 is 0 Å². The second-order valence-corrected chi connectivity index (χ2v) is 5.98. The van der Waals surface area contributed by atoms with Gasteiger partial charge in [-0.15, -0.1) is 0 Å². The van der Waals surface area contributed by atoms with Gasteiger partial charge in [-0.2, -0.15) is 0 Å². The number of nitrogens with zero attached hydrogens (tertiary/aromatic N) is 1. The highest BCUT2D eigenvalue weighted by molar-refractivity contribution is 5.03. The van der Waals surface area contributed by atoms with Gasteiger partial charge in [0.15, 0.2) is 0 Å². The predicted octanol–water partition coefficient (Wildman–Crippen LogP) is 1.34. The molecule has 2 atom stereocenters. The van der Waals surface area contributed by atoms with Crippen LogP contribution in [0.1, 0.15) is 25.7 Å². The SMILES string of the molecule is C1CCN(CCCOCC2[C@H]3CNC[C@H]23)CC1. The number of rotatable bonds is 6. The molecule has 1 N–H and O–H groups in total. The van der Waals surface area contributed by atoms with Crippen molar-refractivity contribution in [3.05, 3.63) is 0 Å². The fraction of sp³-hybridized carbons (Fsp3) is 1.00. The van der Waals surface area contributed by atoms with Crippen molar-refractivity contribution >= 4 is 0 Å². The van der Waals surface area contributed by atoms with E-state index in [1.54, 1.807) is 0 Å². The van der Waals surface area contributed by atoms with Crippen LogP contribution in [0, 0.1) is 17.8 Å². The zero-order chi connectivity index (χ0) is 11.5. The quantitative estimate of drug-likeness (QED) is 0.707. The van der Waals surface area contributed by atoms with Gasteiger partial charge in [0, 0.05) is 13.2 Å². The molecule has 3 nitrogen and oxygen atoms in total. The summed E-state index contributed by atoms with van der Waals surface area (Å²) in [6.45, 7) is 8.37. The molecule has 1 saturated carbocycles. The molecule has 3 heteroatoms. The Labute approximate surface area is 105 Å². The van der Waals surface area contributed by atoms with Gasteiger partial charge in [0.1, 0.15) is 0 Å². The van der Waals surface area contributed by atoms with E-state index in [-0.39, 0.29) is 0 Å². The molecule has 0 radical (unpaired) electrons. The van der Waals surface area contributed by atoms with Crippen LogP contribution in [0.3, 0.4) is 0 Å². The van der Waals surface area contributed by atoms with Crippen molar-refractivity contribution in [2.75, 3.05) is 45.9 Å². The van der Waals surface area contributed by atoms with E-state index in [1.165, 1.54) is 58.4 Å². The lowest BCUT2D eigenvalue weighted by Gasteiger charge is -2.26. The Morgan fingerprint density at radius 1 is 1.06 bits per heavy atom. The van der Waals surface area contributed by atoms with E-state index in [0.717, 1.165) is 31.0 Å². The highest BCUT2D eigenvalue weighted by Gasteiger charge is 2.52. The molecule has 2 heterocycles. The van der Waals surface area contributed by atoms with Gasteiger partial charge in [-0.25, -0.2) is 0 Å². The van der Waals surface area contributed by atoms with Crippen molar-refractivity contribution in [2.24, 2.45) is 17.8 Å². The van der Waals surface area contributed by atoms with Gasteiger partial charge >= 0.3 is 0 Å². The van der Waals surface area contributed by atoms with Crippen LogP contribution in [0.2, 0.25) is 0 Å². The molecule has 0 spiro atoms. The zero-order valence-corrected chi connectivity index (χ0v) is 10.9. The van der Waals surface area contributed by atoms with Crippen LogP contribution < -0.4 is 5.32 Å². The Bertz CT molecular complexity index is 226. The molecule has 2 aliphatic heterocycles. The fourth-order valence-electron chi connectivity index (χ4n) is 3.59. The minimum atomic E-state index is 0.895. The molecule has 0 bridgehead atoms. The van der Waals surface area contributed by atoms with E-state index in [1.807, 2.05) is 0 Å². The summed E-state index contributed by atoms with van der Waals surface area (Å²) in [5.74, 6) is 2.81. The standard InChI is InChI=1S/C14H26N2O/c1-2-5-16(6-3-1)7-4-8-17-11-14-12-9-15-10-13(12)14/h12-15H,1-11H2/t12-,13-/m0/s1. The van der Waals surface area contributed by atoms with Gasteiger partial charge in [0.25, 0.3) is 0 Å². The molecule has 0 unspecified atom stereocenters. The number of ether oxygens (including phenoxy) is 1. The maximum Gasteiger partial charge on any atom is 0.0500 e. The first-order valence-electron chi connectivity index (χ1n) is 7.46. The van der Waals surface area contributed by atoms with E-state index in [4.69, 9.17) is 4.74 Å². The van der Waals surface area contributed by atoms with E-state index < -0.39 is 0 Å². The third-order valence-electron chi connectivity index (χ3n) is 4.79. The lowest BCUT2D eigenvalue weighted by Crippen LogP contribution is -2.31. The topological polar surface area (TPSA) is 24.5 Å². The molecular formula is C14H26N2O. The average Bonchev–Trinajstić information content (AvgIpc) is 2.82. The Balaban J connectivity index is 1.19. The first kappa shape index (κ1) is 11.9. The number of hydrogen-bond donors (Lipinski definition) is 1. The number of hydrogen-bond acceptors (Lipinski definition) is 3. The molecule has 0 amide bonds. The second kappa shape index (κ2) is 5.68. The molecule has 0 aromatic rings. The summed E-state index contributed by atoms with van der Waals surface area (Å²) in [5, 5.41) is 3.43. The highest BCUT2D eigenvalue weighted by atomic mass is 16.5. The van der Waals surface area contributed by atoms with Gasteiger partial charge < -0.3 is 15.0 Å². The third kappa shape index (κ3) is 3.01. The molecule has 3 fully saturated rings. The van der Waals surface area contributed by atoms with Crippen molar-refractivity contribution in [1.82, 2.24) is 10.2 Å². The number of fused-ring (bicyclic) bond motifs is 1. The van der Waals surface area contributed by atoms with Crippen molar-refractivity contribution in [1.29, 1.82) is 0 Å². The molecule has 0 aromatic heterocycles. The zero-order valence-electron chi connectivity index (χ0n) is 10.9. The van der Waals surface area contributed by atoms with Crippen LogP contribution in [0.5, 0.6) is 0 Å².